The number of nitrogens with one attached hydrogen (secondary N) is 1. The molecule has 2 aromatic rings. The average molecular weight is 391 g/mol. The summed E-state index contributed by atoms with van der Waals surface area (Å²) in [5, 5.41) is 2.93. The van der Waals surface area contributed by atoms with Crippen LogP contribution in [0.5, 0.6) is 5.75 Å². The normalized spacial score (nSPS) is 10.7. The molecule has 0 aromatic heterocycles. The molecule has 0 aliphatic heterocycles. The summed E-state index contributed by atoms with van der Waals surface area (Å²) in [5.74, 6) is 0.658. The highest BCUT2D eigenvalue weighted by molar-refractivity contribution is 9.10. The second-order valence-electron chi connectivity index (χ2n) is 5.69. The van der Waals surface area contributed by atoms with Gasteiger partial charge in [0.1, 0.15) is 5.75 Å². The zero-order valence-electron chi connectivity index (χ0n) is 14.1. The van der Waals surface area contributed by atoms with Gasteiger partial charge < -0.3 is 10.1 Å². The van der Waals surface area contributed by atoms with E-state index in [1.165, 1.54) is 5.56 Å². The van der Waals surface area contributed by atoms with E-state index in [1.807, 2.05) is 60.5 Å². The Balaban J connectivity index is 1.89. The lowest BCUT2D eigenvalue weighted by Gasteiger charge is -2.17. The van der Waals surface area contributed by atoms with Gasteiger partial charge >= 0.3 is 0 Å². The Labute approximate surface area is 151 Å². The maximum Gasteiger partial charge on any atom is 0.238 e. The second-order valence-corrected chi connectivity index (χ2v) is 6.61. The lowest BCUT2D eigenvalue weighted by molar-refractivity contribution is -0.117. The molecule has 1 amide bonds. The van der Waals surface area contributed by atoms with Gasteiger partial charge in [-0.05, 0) is 43.3 Å². The lowest BCUT2D eigenvalue weighted by Crippen LogP contribution is -2.30. The Morgan fingerprint density at radius 1 is 1.17 bits per heavy atom. The number of carbonyl (C=O) groups is 1. The number of anilines is 1. The summed E-state index contributed by atoms with van der Waals surface area (Å²) in [5.41, 5.74) is 1.88. The van der Waals surface area contributed by atoms with Gasteiger partial charge in [0.25, 0.3) is 0 Å². The van der Waals surface area contributed by atoms with Gasteiger partial charge in [-0.3, -0.25) is 9.69 Å². The molecule has 2 rings (SSSR count). The van der Waals surface area contributed by atoms with Gasteiger partial charge in [0, 0.05) is 11.0 Å². The highest BCUT2D eigenvalue weighted by atomic mass is 79.9. The highest BCUT2D eigenvalue weighted by Crippen LogP contribution is 2.23. The van der Waals surface area contributed by atoms with Gasteiger partial charge in [-0.25, -0.2) is 0 Å². The van der Waals surface area contributed by atoms with E-state index in [4.69, 9.17) is 4.74 Å². The topological polar surface area (TPSA) is 41.6 Å². The summed E-state index contributed by atoms with van der Waals surface area (Å²) in [6.07, 6.45) is 0.929. The molecule has 0 aliphatic rings. The Morgan fingerprint density at radius 3 is 2.58 bits per heavy atom. The van der Waals surface area contributed by atoms with Crippen LogP contribution in [0.4, 0.5) is 5.69 Å². The van der Waals surface area contributed by atoms with Crippen LogP contribution in [0, 0.1) is 0 Å². The van der Waals surface area contributed by atoms with Crippen molar-refractivity contribution < 1.29 is 9.53 Å². The van der Waals surface area contributed by atoms with Gasteiger partial charge in [0.2, 0.25) is 5.91 Å². The van der Waals surface area contributed by atoms with Crippen LogP contribution < -0.4 is 10.1 Å². The van der Waals surface area contributed by atoms with Crippen LogP contribution in [0.1, 0.15) is 18.9 Å². The molecule has 2 aromatic carbocycles. The van der Waals surface area contributed by atoms with E-state index in [0.717, 1.165) is 10.9 Å². The summed E-state index contributed by atoms with van der Waals surface area (Å²) < 4.78 is 6.72. The number of benzene rings is 2. The first kappa shape index (κ1) is 18.5. The van der Waals surface area contributed by atoms with Gasteiger partial charge in [-0.15, -0.1) is 0 Å². The summed E-state index contributed by atoms with van der Waals surface area (Å²) in [4.78, 5) is 14.3. The largest absolute Gasteiger partial charge is 0.491 e. The molecule has 0 bridgehead atoms. The van der Waals surface area contributed by atoms with Gasteiger partial charge in [0.05, 0.1) is 18.8 Å². The maximum absolute atomic E-state index is 12.3. The van der Waals surface area contributed by atoms with Crippen molar-refractivity contribution in [2.24, 2.45) is 0 Å². The summed E-state index contributed by atoms with van der Waals surface area (Å²) in [7, 11) is 1.93. The van der Waals surface area contributed by atoms with Crippen molar-refractivity contribution in [1.29, 1.82) is 0 Å². The Kier molecular flexibility index (Phi) is 7.28. The number of ether oxygens (including phenoxy) is 1. The molecule has 5 heteroatoms. The Bertz CT molecular complexity index is 659. The van der Waals surface area contributed by atoms with Crippen LogP contribution in [0.25, 0.3) is 0 Å². The monoisotopic (exact) mass is 390 g/mol. The molecule has 1 N–H and O–H groups in total. The number of amides is 1. The van der Waals surface area contributed by atoms with Gasteiger partial charge in [-0.1, -0.05) is 47.1 Å². The SMILES string of the molecule is CCCOc1ccccc1NC(=O)CN(C)Cc1ccc(Br)cc1. The van der Waals surface area contributed by atoms with Crippen LogP contribution >= 0.6 is 15.9 Å². The summed E-state index contributed by atoms with van der Waals surface area (Å²) in [6.45, 7) is 3.72. The predicted molar refractivity (Wildman–Crippen MR) is 101 cm³/mol. The second kappa shape index (κ2) is 9.45. The van der Waals surface area contributed by atoms with E-state index >= 15 is 0 Å². The first-order valence-corrected chi connectivity index (χ1v) is 8.82. The highest BCUT2D eigenvalue weighted by Gasteiger charge is 2.10. The molecule has 0 spiro atoms. The molecule has 0 fully saturated rings. The van der Waals surface area contributed by atoms with Crippen LogP contribution in [-0.4, -0.2) is 31.0 Å². The quantitative estimate of drug-likeness (QED) is 0.729. The van der Waals surface area contributed by atoms with Gasteiger partial charge in [-0.2, -0.15) is 0 Å². The van der Waals surface area contributed by atoms with E-state index in [0.29, 0.717) is 31.1 Å². The number of likely N-dealkylation sites (N-methyl/N-ethyl adjacent to an activating group) is 1. The minimum atomic E-state index is -0.0536. The van der Waals surface area contributed by atoms with Crippen molar-refractivity contribution >= 4 is 27.5 Å². The molecule has 24 heavy (non-hydrogen) atoms. The third kappa shape index (κ3) is 5.98. The zero-order chi connectivity index (χ0) is 17.4. The molecular formula is C19H23BrN2O2. The Hall–Kier alpha value is -1.85. The number of para-hydroxylation sites is 2. The first-order valence-electron chi connectivity index (χ1n) is 8.03. The van der Waals surface area contributed by atoms with E-state index in [1.54, 1.807) is 0 Å². The van der Waals surface area contributed by atoms with E-state index in [2.05, 4.69) is 28.2 Å². The average Bonchev–Trinajstić information content (AvgIpc) is 2.56. The van der Waals surface area contributed by atoms with Crippen molar-refractivity contribution in [3.05, 3.63) is 58.6 Å². The molecule has 0 heterocycles. The van der Waals surface area contributed by atoms with Crippen LogP contribution in [0.3, 0.4) is 0 Å². The molecule has 4 nitrogen and oxygen atoms in total. The molecule has 0 unspecified atom stereocenters. The molecule has 128 valence electrons. The fraction of sp³-hybridized carbons (Fsp3) is 0.316. The van der Waals surface area contributed by atoms with Crippen molar-refractivity contribution in [2.45, 2.75) is 19.9 Å². The fourth-order valence-corrected chi connectivity index (χ4v) is 2.56. The molecule has 0 saturated carbocycles. The maximum atomic E-state index is 12.3. The number of halogens is 1. The Morgan fingerprint density at radius 2 is 1.88 bits per heavy atom. The van der Waals surface area contributed by atoms with Crippen molar-refractivity contribution in [1.82, 2.24) is 4.90 Å². The van der Waals surface area contributed by atoms with E-state index < -0.39 is 0 Å². The predicted octanol–water partition coefficient (Wildman–Crippen LogP) is 4.31. The smallest absolute Gasteiger partial charge is 0.238 e. The molecule has 0 radical (unpaired) electrons. The number of rotatable bonds is 8. The summed E-state index contributed by atoms with van der Waals surface area (Å²) >= 11 is 3.42. The number of hydrogen-bond acceptors (Lipinski definition) is 3. The number of carbonyl (C=O) groups excluding carboxylic acids is 1. The van der Waals surface area contributed by atoms with Crippen molar-refractivity contribution in [3.8, 4) is 5.75 Å². The van der Waals surface area contributed by atoms with E-state index in [-0.39, 0.29) is 5.91 Å². The minimum Gasteiger partial charge on any atom is -0.491 e. The van der Waals surface area contributed by atoms with Crippen LogP contribution in [0.15, 0.2) is 53.0 Å². The fourth-order valence-electron chi connectivity index (χ4n) is 2.30. The molecule has 0 atom stereocenters. The third-order valence-corrected chi connectivity index (χ3v) is 3.93. The van der Waals surface area contributed by atoms with E-state index in [9.17, 15) is 4.79 Å². The lowest BCUT2D eigenvalue weighted by atomic mass is 10.2. The van der Waals surface area contributed by atoms with Crippen molar-refractivity contribution in [2.75, 3.05) is 25.5 Å². The number of nitrogens with zero attached hydrogens (tertiary/aromatic N) is 1. The first-order chi connectivity index (χ1) is 11.6. The zero-order valence-corrected chi connectivity index (χ0v) is 15.7. The number of hydrogen-bond donors (Lipinski definition) is 1. The molecule has 0 aliphatic carbocycles. The van der Waals surface area contributed by atoms with Crippen LogP contribution in [-0.2, 0) is 11.3 Å². The van der Waals surface area contributed by atoms with Crippen LogP contribution in [0.2, 0.25) is 0 Å². The summed E-state index contributed by atoms with van der Waals surface area (Å²) in [6, 6.07) is 15.6. The molecular weight excluding hydrogens is 368 g/mol. The van der Waals surface area contributed by atoms with Crippen molar-refractivity contribution in [3.63, 3.8) is 0 Å². The molecule has 0 saturated heterocycles. The van der Waals surface area contributed by atoms with Gasteiger partial charge in [0.15, 0.2) is 0 Å². The minimum absolute atomic E-state index is 0.0536. The standard InChI is InChI=1S/C19H23BrN2O2/c1-3-12-24-18-7-5-4-6-17(18)21-19(23)14-22(2)13-15-8-10-16(20)11-9-15/h4-11H,3,12-14H2,1-2H3,(H,21,23). The third-order valence-electron chi connectivity index (χ3n) is 3.40.